The Hall–Kier alpha value is -1.39. The Morgan fingerprint density at radius 2 is 2.10 bits per heavy atom. The van der Waals surface area contributed by atoms with Crippen LogP contribution in [0.5, 0.6) is 0 Å². The van der Waals surface area contributed by atoms with Gasteiger partial charge in [-0.3, -0.25) is 4.79 Å². The van der Waals surface area contributed by atoms with Gasteiger partial charge in [0.1, 0.15) is 0 Å². The number of aryl methyl sites for hydroxylation is 1. The van der Waals surface area contributed by atoms with Crippen LogP contribution in [-0.4, -0.2) is 31.7 Å². The SMILES string of the molecule is N[C@@H](CCc1ccccc1)C(=O)NCCOCC1CC1. The van der Waals surface area contributed by atoms with Crippen LogP contribution in [0.15, 0.2) is 30.3 Å². The van der Waals surface area contributed by atoms with Crippen molar-refractivity contribution in [2.45, 2.75) is 31.7 Å². The molecule has 1 aliphatic carbocycles. The zero-order valence-electron chi connectivity index (χ0n) is 11.9. The monoisotopic (exact) mass is 276 g/mol. The van der Waals surface area contributed by atoms with Gasteiger partial charge in [-0.15, -0.1) is 0 Å². The lowest BCUT2D eigenvalue weighted by Gasteiger charge is -2.12. The molecule has 0 unspecified atom stereocenters. The van der Waals surface area contributed by atoms with Crippen LogP contribution in [0.3, 0.4) is 0 Å². The molecule has 0 aromatic heterocycles. The van der Waals surface area contributed by atoms with E-state index in [1.54, 1.807) is 0 Å². The third-order valence-electron chi connectivity index (χ3n) is 3.52. The molecule has 0 aliphatic heterocycles. The van der Waals surface area contributed by atoms with Crippen LogP contribution in [0.1, 0.15) is 24.8 Å². The molecule has 3 N–H and O–H groups in total. The van der Waals surface area contributed by atoms with Crippen molar-refractivity contribution in [3.05, 3.63) is 35.9 Å². The van der Waals surface area contributed by atoms with Gasteiger partial charge in [0.25, 0.3) is 0 Å². The molecule has 1 aromatic rings. The molecule has 1 atom stereocenters. The molecule has 20 heavy (non-hydrogen) atoms. The summed E-state index contributed by atoms with van der Waals surface area (Å²) in [6, 6.07) is 9.64. The van der Waals surface area contributed by atoms with E-state index in [-0.39, 0.29) is 5.91 Å². The van der Waals surface area contributed by atoms with Crippen molar-refractivity contribution in [3.63, 3.8) is 0 Å². The lowest BCUT2D eigenvalue weighted by atomic mass is 10.1. The molecular formula is C16H24N2O2. The van der Waals surface area contributed by atoms with E-state index in [9.17, 15) is 4.79 Å². The first-order valence-corrected chi connectivity index (χ1v) is 7.40. The number of amides is 1. The summed E-state index contributed by atoms with van der Waals surface area (Å²) >= 11 is 0. The zero-order chi connectivity index (χ0) is 14.2. The molecule has 4 nitrogen and oxygen atoms in total. The first-order valence-electron chi connectivity index (χ1n) is 7.40. The standard InChI is InChI=1S/C16H24N2O2/c17-15(9-8-13-4-2-1-3-5-13)16(19)18-10-11-20-12-14-6-7-14/h1-5,14-15H,6-12,17H2,(H,18,19)/t15-/m0/s1. The second-order valence-corrected chi connectivity index (χ2v) is 5.44. The number of nitrogens with two attached hydrogens (primary N) is 1. The van der Waals surface area contributed by atoms with Gasteiger partial charge >= 0.3 is 0 Å². The summed E-state index contributed by atoms with van der Waals surface area (Å²) in [6.07, 6.45) is 4.07. The van der Waals surface area contributed by atoms with Gasteiger partial charge in [0, 0.05) is 13.2 Å². The molecule has 1 saturated carbocycles. The van der Waals surface area contributed by atoms with Crippen LogP contribution in [0, 0.1) is 5.92 Å². The highest BCUT2D eigenvalue weighted by Crippen LogP contribution is 2.28. The topological polar surface area (TPSA) is 64.4 Å². The molecule has 1 amide bonds. The Bertz CT molecular complexity index is 404. The average Bonchev–Trinajstić information content (AvgIpc) is 3.29. The number of benzene rings is 1. The van der Waals surface area contributed by atoms with Gasteiger partial charge in [0.15, 0.2) is 0 Å². The first kappa shape index (κ1) is 15.0. The van der Waals surface area contributed by atoms with Crippen molar-refractivity contribution in [2.24, 2.45) is 11.7 Å². The first-order chi connectivity index (χ1) is 9.75. The Morgan fingerprint density at radius 3 is 2.80 bits per heavy atom. The molecule has 1 aliphatic rings. The quantitative estimate of drug-likeness (QED) is 0.672. The largest absolute Gasteiger partial charge is 0.379 e. The minimum Gasteiger partial charge on any atom is -0.379 e. The minimum atomic E-state index is -0.446. The zero-order valence-corrected chi connectivity index (χ0v) is 11.9. The second kappa shape index (κ2) is 8.02. The molecule has 1 aromatic carbocycles. The molecule has 0 bridgehead atoms. The summed E-state index contributed by atoms with van der Waals surface area (Å²) in [4.78, 5) is 11.8. The van der Waals surface area contributed by atoms with Crippen molar-refractivity contribution in [1.82, 2.24) is 5.32 Å². The Labute approximate surface area is 120 Å². The van der Waals surface area contributed by atoms with E-state index in [2.05, 4.69) is 17.4 Å². The van der Waals surface area contributed by atoms with E-state index in [0.29, 0.717) is 19.6 Å². The van der Waals surface area contributed by atoms with Gasteiger partial charge < -0.3 is 15.8 Å². The maximum atomic E-state index is 11.8. The predicted octanol–water partition coefficient (Wildman–Crippen LogP) is 1.49. The van der Waals surface area contributed by atoms with Gasteiger partial charge in [0.2, 0.25) is 5.91 Å². The van der Waals surface area contributed by atoms with Gasteiger partial charge in [-0.2, -0.15) is 0 Å². The molecule has 0 heterocycles. The van der Waals surface area contributed by atoms with Gasteiger partial charge in [-0.25, -0.2) is 0 Å². The van der Waals surface area contributed by atoms with Crippen LogP contribution in [0.2, 0.25) is 0 Å². The maximum absolute atomic E-state index is 11.8. The maximum Gasteiger partial charge on any atom is 0.237 e. The second-order valence-electron chi connectivity index (χ2n) is 5.44. The van der Waals surface area contributed by atoms with E-state index >= 15 is 0 Å². The van der Waals surface area contributed by atoms with Gasteiger partial charge in [0.05, 0.1) is 12.6 Å². The van der Waals surface area contributed by atoms with Crippen molar-refractivity contribution >= 4 is 5.91 Å². The molecule has 110 valence electrons. The van der Waals surface area contributed by atoms with E-state index in [1.165, 1.54) is 18.4 Å². The number of hydrogen-bond acceptors (Lipinski definition) is 3. The molecular weight excluding hydrogens is 252 g/mol. The van der Waals surface area contributed by atoms with Crippen molar-refractivity contribution in [1.29, 1.82) is 0 Å². The fraction of sp³-hybridized carbons (Fsp3) is 0.562. The third-order valence-corrected chi connectivity index (χ3v) is 3.52. The minimum absolute atomic E-state index is 0.0871. The predicted molar refractivity (Wildman–Crippen MR) is 79.3 cm³/mol. The van der Waals surface area contributed by atoms with Crippen LogP contribution in [0.4, 0.5) is 0 Å². The van der Waals surface area contributed by atoms with E-state index in [0.717, 1.165) is 18.9 Å². The summed E-state index contributed by atoms with van der Waals surface area (Å²) in [7, 11) is 0. The third kappa shape index (κ3) is 5.72. The van der Waals surface area contributed by atoms with Crippen LogP contribution >= 0.6 is 0 Å². The van der Waals surface area contributed by atoms with Gasteiger partial charge in [-0.1, -0.05) is 30.3 Å². The number of carbonyl (C=O) groups excluding carboxylic acids is 1. The molecule has 0 radical (unpaired) electrons. The Balaban J connectivity index is 1.54. The van der Waals surface area contributed by atoms with E-state index in [1.807, 2.05) is 18.2 Å². The fourth-order valence-corrected chi connectivity index (χ4v) is 2.01. The highest BCUT2D eigenvalue weighted by molar-refractivity contribution is 5.81. The highest BCUT2D eigenvalue weighted by atomic mass is 16.5. The van der Waals surface area contributed by atoms with Crippen molar-refractivity contribution in [3.8, 4) is 0 Å². The molecule has 2 rings (SSSR count). The summed E-state index contributed by atoms with van der Waals surface area (Å²) in [5.74, 6) is 0.676. The highest BCUT2D eigenvalue weighted by Gasteiger charge is 2.21. The Kier molecular flexibility index (Phi) is 6.02. The van der Waals surface area contributed by atoms with Gasteiger partial charge in [-0.05, 0) is 37.2 Å². The number of rotatable bonds is 9. The van der Waals surface area contributed by atoms with E-state index < -0.39 is 6.04 Å². The summed E-state index contributed by atoms with van der Waals surface area (Å²) in [5.41, 5.74) is 7.10. The number of nitrogens with one attached hydrogen (secondary N) is 1. The summed E-state index contributed by atoms with van der Waals surface area (Å²) < 4.78 is 5.46. The van der Waals surface area contributed by atoms with Crippen LogP contribution in [-0.2, 0) is 16.0 Å². The van der Waals surface area contributed by atoms with Crippen LogP contribution in [0.25, 0.3) is 0 Å². The Morgan fingerprint density at radius 1 is 1.35 bits per heavy atom. The molecule has 1 fully saturated rings. The number of carbonyl (C=O) groups is 1. The fourth-order valence-electron chi connectivity index (χ4n) is 2.01. The van der Waals surface area contributed by atoms with Crippen molar-refractivity contribution < 1.29 is 9.53 Å². The molecule has 0 saturated heterocycles. The summed E-state index contributed by atoms with van der Waals surface area (Å²) in [6.45, 7) is 1.95. The lowest BCUT2D eigenvalue weighted by Crippen LogP contribution is -2.42. The molecule has 4 heteroatoms. The number of hydrogen-bond donors (Lipinski definition) is 2. The van der Waals surface area contributed by atoms with Crippen LogP contribution < -0.4 is 11.1 Å². The van der Waals surface area contributed by atoms with E-state index in [4.69, 9.17) is 10.5 Å². The molecule has 0 spiro atoms. The summed E-state index contributed by atoms with van der Waals surface area (Å²) in [5, 5.41) is 2.82. The van der Waals surface area contributed by atoms with Crippen molar-refractivity contribution in [2.75, 3.05) is 19.8 Å². The normalized spacial score (nSPS) is 15.8. The average molecular weight is 276 g/mol. The lowest BCUT2D eigenvalue weighted by molar-refractivity contribution is -0.122. The number of ether oxygens (including phenoxy) is 1. The smallest absolute Gasteiger partial charge is 0.237 e.